The van der Waals surface area contributed by atoms with Crippen molar-refractivity contribution in [2.45, 2.75) is 121 Å². The summed E-state index contributed by atoms with van der Waals surface area (Å²) in [5.74, 6) is -6.31. The summed E-state index contributed by atoms with van der Waals surface area (Å²) in [6, 6.07) is 14.5. The quantitative estimate of drug-likeness (QED) is 0.153. The number of ketones is 1. The van der Waals surface area contributed by atoms with Crippen molar-refractivity contribution in [2.24, 2.45) is 16.7 Å². The van der Waals surface area contributed by atoms with Crippen LogP contribution < -0.4 is 5.32 Å². The molecular weight excluding hydrogens is 810 g/mol. The number of esters is 4. The van der Waals surface area contributed by atoms with Gasteiger partial charge in [0.1, 0.15) is 30.0 Å². The van der Waals surface area contributed by atoms with E-state index in [9.17, 15) is 39.3 Å². The molecule has 4 N–H and O–H groups in total. The Kier molecular flexibility index (Phi) is 12.2. The zero-order valence-corrected chi connectivity index (χ0v) is 35.4. The number of amides is 1. The van der Waals surface area contributed by atoms with Crippen molar-refractivity contribution in [2.75, 3.05) is 19.8 Å². The molecule has 3 aliphatic carbocycles. The number of carbonyl (C=O) groups excluding carboxylic acids is 6. The zero-order chi connectivity index (χ0) is 44.9. The highest BCUT2D eigenvalue weighted by atomic mass is 16.6. The van der Waals surface area contributed by atoms with Gasteiger partial charge >= 0.3 is 30.0 Å². The molecular formula is C45H53NO16. The van der Waals surface area contributed by atoms with Crippen LogP contribution in [-0.2, 0) is 52.3 Å². The number of Topliss-reactive ketones (excluding diaryl/α,β-unsaturated/α-hetero) is 1. The summed E-state index contributed by atoms with van der Waals surface area (Å²) < 4.78 is 41.0. The van der Waals surface area contributed by atoms with Gasteiger partial charge in [-0.15, -0.1) is 0 Å². The van der Waals surface area contributed by atoms with Gasteiger partial charge in [0.05, 0.1) is 48.9 Å². The molecule has 17 heteroatoms. The van der Waals surface area contributed by atoms with Gasteiger partial charge in [0.2, 0.25) is 0 Å². The minimum atomic E-state index is -2.40. The van der Waals surface area contributed by atoms with E-state index in [1.807, 2.05) is 0 Å². The summed E-state index contributed by atoms with van der Waals surface area (Å²) >= 11 is 0. The van der Waals surface area contributed by atoms with Gasteiger partial charge in [-0.3, -0.25) is 14.4 Å². The molecule has 2 heterocycles. The van der Waals surface area contributed by atoms with Crippen LogP contribution in [0.25, 0.3) is 0 Å². The molecule has 0 radical (unpaired) electrons. The molecule has 2 aromatic rings. The lowest BCUT2D eigenvalue weighted by Crippen LogP contribution is -2.82. The van der Waals surface area contributed by atoms with Crippen LogP contribution >= 0.6 is 0 Å². The van der Waals surface area contributed by atoms with Gasteiger partial charge < -0.3 is 53.8 Å². The lowest BCUT2D eigenvalue weighted by atomic mass is 9.44. The standard InChI is InChI=1S/C45H53NO16/c1-23-29(60-40(53)34(50)33(26-13-9-7-10-14-26)46-41(54)59-28-17-18-56-21-28)20-45(55)38(61-39(52)27-15-11-8-12-16-27)36-43(6,30(49)19-31-44(36,22-57-31)62-25(3)48)37(51)35(58-24(2)47)32(23)42(45,4)5/h7-16,28-31,33-36,38,49-50,55H,17-22H2,1-6H3,(H,46,54)/t28?,29?,30-,31?,33-,34?,35+,36?,38?,43+,44-,45+/m0/s1. The minimum Gasteiger partial charge on any atom is -0.456 e. The molecule has 7 rings (SSSR count). The van der Waals surface area contributed by atoms with E-state index in [1.54, 1.807) is 62.4 Å². The summed E-state index contributed by atoms with van der Waals surface area (Å²) in [5, 5.41) is 40.0. The van der Waals surface area contributed by atoms with Gasteiger partial charge in [-0.05, 0) is 42.7 Å². The fourth-order valence-corrected chi connectivity index (χ4v) is 10.3. The predicted molar refractivity (Wildman–Crippen MR) is 213 cm³/mol. The van der Waals surface area contributed by atoms with Crippen LogP contribution in [0.4, 0.5) is 4.79 Å². The second-order valence-corrected chi connectivity index (χ2v) is 17.5. The number of nitrogens with one attached hydrogen (secondary N) is 1. The molecule has 0 spiro atoms. The number of fused-ring (bicyclic) bond motifs is 5. The van der Waals surface area contributed by atoms with E-state index >= 15 is 4.79 Å². The Bertz CT molecular complexity index is 2120. The highest BCUT2D eigenvalue weighted by Gasteiger charge is 2.78. The van der Waals surface area contributed by atoms with Gasteiger partial charge in [-0.25, -0.2) is 14.4 Å². The molecule has 62 heavy (non-hydrogen) atoms. The zero-order valence-electron chi connectivity index (χ0n) is 35.4. The predicted octanol–water partition coefficient (Wildman–Crippen LogP) is 2.82. The number of rotatable bonds is 10. The number of hydrogen-bond donors (Lipinski definition) is 4. The van der Waals surface area contributed by atoms with Crippen molar-refractivity contribution < 1.29 is 77.2 Å². The van der Waals surface area contributed by atoms with Crippen LogP contribution in [0, 0.1) is 16.7 Å². The second-order valence-electron chi connectivity index (χ2n) is 17.5. The van der Waals surface area contributed by atoms with E-state index in [4.69, 9.17) is 33.2 Å². The van der Waals surface area contributed by atoms with E-state index in [-0.39, 0.29) is 36.3 Å². The molecule has 2 aromatic carbocycles. The maximum Gasteiger partial charge on any atom is 0.408 e. The molecule has 17 nitrogen and oxygen atoms in total. The van der Waals surface area contributed by atoms with E-state index in [2.05, 4.69) is 5.32 Å². The van der Waals surface area contributed by atoms with Gasteiger partial charge in [0, 0.05) is 38.5 Å². The number of aliphatic hydroxyl groups excluding tert-OH is 2. The minimum absolute atomic E-state index is 0.0139. The monoisotopic (exact) mass is 863 g/mol. The van der Waals surface area contributed by atoms with Gasteiger partial charge in [0.15, 0.2) is 23.6 Å². The molecule has 2 aliphatic heterocycles. The molecule has 1 amide bonds. The molecule has 2 saturated heterocycles. The average Bonchev–Trinajstić information content (AvgIpc) is 3.74. The average molecular weight is 864 g/mol. The number of alkyl carbamates (subject to hydrolysis) is 1. The van der Waals surface area contributed by atoms with Crippen molar-refractivity contribution >= 4 is 35.8 Å². The molecule has 5 aliphatic rings. The van der Waals surface area contributed by atoms with Crippen molar-refractivity contribution in [3.8, 4) is 0 Å². The number of aliphatic hydroxyl groups is 3. The second kappa shape index (κ2) is 16.8. The SMILES string of the molecule is CC(=O)O[C@H]1C(=O)[C@@]2(C)C(C(OC(=O)c3ccccc3)[C@]3(O)CC(OC(=O)C(O)[C@@H](NC(=O)OC4CCOC4)c4ccccc4)C(C)=C1C3(C)C)[C@]1(OC(C)=O)COC1C[C@@H]2O. The maximum atomic E-state index is 15.5. The first-order valence-corrected chi connectivity index (χ1v) is 20.6. The normalized spacial score (nSPS) is 34.3. The number of ether oxygens (including phenoxy) is 7. The van der Waals surface area contributed by atoms with Crippen molar-refractivity contribution in [3.05, 3.63) is 82.9 Å². The molecule has 334 valence electrons. The van der Waals surface area contributed by atoms with Crippen LogP contribution in [0.1, 0.15) is 82.8 Å². The molecule has 2 bridgehead atoms. The van der Waals surface area contributed by atoms with Gasteiger partial charge in [0.25, 0.3) is 0 Å². The van der Waals surface area contributed by atoms with E-state index in [0.29, 0.717) is 18.6 Å². The fourth-order valence-electron chi connectivity index (χ4n) is 10.3. The van der Waals surface area contributed by atoms with Crippen LogP contribution in [0.5, 0.6) is 0 Å². The Morgan fingerprint density at radius 2 is 1.56 bits per heavy atom. The Morgan fingerprint density at radius 3 is 2.15 bits per heavy atom. The molecule has 12 atom stereocenters. The first-order chi connectivity index (χ1) is 29.3. The molecule has 2 saturated carbocycles. The highest BCUT2D eigenvalue weighted by Crippen LogP contribution is 2.64. The number of benzene rings is 2. The summed E-state index contributed by atoms with van der Waals surface area (Å²) in [6.07, 6.45) is -11.6. The molecule has 6 unspecified atom stereocenters. The summed E-state index contributed by atoms with van der Waals surface area (Å²) in [7, 11) is 0. The molecule has 0 aromatic heterocycles. The number of carbonyl (C=O) groups is 6. The van der Waals surface area contributed by atoms with Crippen LogP contribution in [0.2, 0.25) is 0 Å². The maximum absolute atomic E-state index is 15.5. The first-order valence-electron chi connectivity index (χ1n) is 20.6. The Labute approximate surface area is 358 Å². The number of hydrogen-bond acceptors (Lipinski definition) is 16. The van der Waals surface area contributed by atoms with Crippen molar-refractivity contribution in [3.63, 3.8) is 0 Å². The topological polar surface area (TPSA) is 240 Å². The van der Waals surface area contributed by atoms with E-state index in [0.717, 1.165) is 13.8 Å². The van der Waals surface area contributed by atoms with Gasteiger partial charge in [-0.1, -0.05) is 62.4 Å². The lowest BCUT2D eigenvalue weighted by molar-refractivity contribution is -0.346. The molecule has 4 fully saturated rings. The van der Waals surface area contributed by atoms with E-state index in [1.165, 1.54) is 26.0 Å². The van der Waals surface area contributed by atoms with Gasteiger partial charge in [-0.2, -0.15) is 0 Å². The highest BCUT2D eigenvalue weighted by molar-refractivity contribution is 5.95. The lowest BCUT2D eigenvalue weighted by Gasteiger charge is -2.67. The largest absolute Gasteiger partial charge is 0.456 e. The Hall–Kier alpha value is -5.20. The third kappa shape index (κ3) is 7.56. The Balaban J connectivity index is 1.36. The summed E-state index contributed by atoms with van der Waals surface area (Å²) in [4.78, 5) is 83.0. The first kappa shape index (κ1) is 44.8. The van der Waals surface area contributed by atoms with Crippen LogP contribution in [0.15, 0.2) is 71.8 Å². The summed E-state index contributed by atoms with van der Waals surface area (Å²) in [6.45, 7) is 8.49. The fraction of sp³-hybridized carbons (Fsp3) is 0.556. The van der Waals surface area contributed by atoms with Crippen LogP contribution in [0.3, 0.4) is 0 Å². The van der Waals surface area contributed by atoms with Crippen LogP contribution in [-0.4, -0.2) is 125 Å². The summed E-state index contributed by atoms with van der Waals surface area (Å²) in [5.41, 5.74) is -7.38. The van der Waals surface area contributed by atoms with Crippen molar-refractivity contribution in [1.82, 2.24) is 5.32 Å². The van der Waals surface area contributed by atoms with E-state index < -0.39 is 119 Å². The Morgan fingerprint density at radius 1 is 0.903 bits per heavy atom. The third-order valence-corrected chi connectivity index (χ3v) is 13.6. The smallest absolute Gasteiger partial charge is 0.408 e. The van der Waals surface area contributed by atoms with Crippen molar-refractivity contribution in [1.29, 1.82) is 0 Å². The third-order valence-electron chi connectivity index (χ3n) is 13.6.